The molecule has 4 aromatic rings. The van der Waals surface area contributed by atoms with Crippen molar-refractivity contribution in [2.75, 3.05) is 0 Å². The van der Waals surface area contributed by atoms with Crippen LogP contribution in [-0.4, -0.2) is 0 Å². The van der Waals surface area contributed by atoms with Crippen molar-refractivity contribution in [1.82, 2.24) is 0 Å². The van der Waals surface area contributed by atoms with E-state index in [-0.39, 0.29) is 0 Å². The molecule has 4 aromatic carbocycles. The maximum absolute atomic E-state index is 8.92. The second-order valence-corrected chi connectivity index (χ2v) is 6.64. The van der Waals surface area contributed by atoms with E-state index < -0.39 is 0 Å². The van der Waals surface area contributed by atoms with E-state index in [0.29, 0.717) is 11.5 Å². The molecule has 1 nitrogen and oxygen atoms in total. The Bertz CT molecular complexity index is 1080. The number of rotatable bonds is 3. The molecule has 0 radical (unpaired) electrons. The predicted octanol–water partition coefficient (Wildman–Crippen LogP) is 6.53. The third-order valence-electron chi connectivity index (χ3n) is 5.03. The first-order chi connectivity index (χ1) is 12.7. The highest BCUT2D eigenvalue weighted by Gasteiger charge is 2.09. The molecule has 1 atom stereocenters. The van der Waals surface area contributed by atoms with Crippen molar-refractivity contribution in [3.63, 3.8) is 0 Å². The number of nitrogens with zero attached hydrogens (tertiary/aromatic N) is 1. The maximum atomic E-state index is 8.92. The molecule has 0 aliphatic rings. The van der Waals surface area contributed by atoms with E-state index in [1.165, 1.54) is 27.5 Å². The van der Waals surface area contributed by atoms with Crippen molar-refractivity contribution in [3.05, 3.63) is 108 Å². The van der Waals surface area contributed by atoms with Gasteiger partial charge in [-0.3, -0.25) is 0 Å². The fraction of sp³-hybridized carbons (Fsp3) is 0.0800. The molecule has 1 heteroatoms. The first kappa shape index (κ1) is 16.1. The van der Waals surface area contributed by atoms with Gasteiger partial charge in [-0.25, -0.2) is 0 Å². The molecule has 0 fully saturated rings. The van der Waals surface area contributed by atoms with Crippen LogP contribution in [-0.2, 0) is 0 Å². The fourth-order valence-electron chi connectivity index (χ4n) is 3.37. The van der Waals surface area contributed by atoms with Crippen LogP contribution in [0.2, 0.25) is 0 Å². The van der Waals surface area contributed by atoms with Crippen molar-refractivity contribution < 1.29 is 0 Å². The molecule has 0 N–H and O–H groups in total. The van der Waals surface area contributed by atoms with Crippen LogP contribution in [0.3, 0.4) is 0 Å². The number of fused-ring (bicyclic) bond motifs is 1. The van der Waals surface area contributed by atoms with Crippen molar-refractivity contribution in [2.24, 2.45) is 0 Å². The smallest absolute Gasteiger partial charge is 0.0991 e. The zero-order valence-electron chi connectivity index (χ0n) is 14.7. The van der Waals surface area contributed by atoms with Crippen LogP contribution >= 0.6 is 0 Å². The predicted molar refractivity (Wildman–Crippen MR) is 108 cm³/mol. The van der Waals surface area contributed by atoms with Gasteiger partial charge < -0.3 is 0 Å². The van der Waals surface area contributed by atoms with Gasteiger partial charge in [-0.15, -0.1) is 0 Å². The monoisotopic (exact) mass is 333 g/mol. The Labute approximate surface area is 154 Å². The molecule has 4 rings (SSSR count). The van der Waals surface area contributed by atoms with Gasteiger partial charge in [0.25, 0.3) is 0 Å². The SMILES string of the molecule is CC(c1ccc(-c2ccc(C#N)cc2)cc1)c1ccc2ccccc2c1. The summed E-state index contributed by atoms with van der Waals surface area (Å²) >= 11 is 0. The molecule has 0 aromatic heterocycles. The van der Waals surface area contributed by atoms with Crippen LogP contribution in [0.25, 0.3) is 21.9 Å². The summed E-state index contributed by atoms with van der Waals surface area (Å²) in [5.41, 5.74) is 5.63. The lowest BCUT2D eigenvalue weighted by Crippen LogP contribution is -1.96. The van der Waals surface area contributed by atoms with Gasteiger partial charge in [0, 0.05) is 5.92 Å². The van der Waals surface area contributed by atoms with Gasteiger partial charge in [0.15, 0.2) is 0 Å². The molecule has 0 spiro atoms. The van der Waals surface area contributed by atoms with Crippen LogP contribution in [0.4, 0.5) is 0 Å². The first-order valence-electron chi connectivity index (χ1n) is 8.84. The normalized spacial score (nSPS) is 11.8. The summed E-state index contributed by atoms with van der Waals surface area (Å²) in [7, 11) is 0. The molecular formula is C25H19N. The Morgan fingerprint density at radius 1 is 0.654 bits per heavy atom. The first-order valence-corrected chi connectivity index (χ1v) is 8.84. The Morgan fingerprint density at radius 2 is 1.23 bits per heavy atom. The van der Waals surface area contributed by atoms with Gasteiger partial charge in [0.1, 0.15) is 0 Å². The maximum Gasteiger partial charge on any atom is 0.0991 e. The third-order valence-corrected chi connectivity index (χ3v) is 5.03. The van der Waals surface area contributed by atoms with Crippen LogP contribution < -0.4 is 0 Å². The number of hydrogen-bond donors (Lipinski definition) is 0. The van der Waals surface area contributed by atoms with Crippen molar-refractivity contribution in [3.8, 4) is 17.2 Å². The van der Waals surface area contributed by atoms with Gasteiger partial charge in [-0.05, 0) is 45.2 Å². The van der Waals surface area contributed by atoms with E-state index in [9.17, 15) is 0 Å². The Morgan fingerprint density at radius 3 is 1.88 bits per heavy atom. The summed E-state index contributed by atoms with van der Waals surface area (Å²) < 4.78 is 0. The van der Waals surface area contributed by atoms with Crippen LogP contribution in [0, 0.1) is 11.3 Å². The van der Waals surface area contributed by atoms with Gasteiger partial charge in [0.05, 0.1) is 11.6 Å². The van der Waals surface area contributed by atoms with Crippen molar-refractivity contribution in [1.29, 1.82) is 5.26 Å². The molecule has 0 heterocycles. The Hall–Kier alpha value is -3.37. The van der Waals surface area contributed by atoms with Crippen LogP contribution in [0.1, 0.15) is 29.5 Å². The largest absolute Gasteiger partial charge is 0.192 e. The fourth-order valence-corrected chi connectivity index (χ4v) is 3.37. The topological polar surface area (TPSA) is 23.8 Å². The van der Waals surface area contributed by atoms with E-state index in [1.807, 2.05) is 24.3 Å². The summed E-state index contributed by atoms with van der Waals surface area (Å²) in [6.45, 7) is 2.25. The quantitative estimate of drug-likeness (QED) is 0.418. The lowest BCUT2D eigenvalue weighted by molar-refractivity contribution is 0.925. The van der Waals surface area contributed by atoms with Gasteiger partial charge in [-0.1, -0.05) is 85.8 Å². The lowest BCUT2D eigenvalue weighted by atomic mass is 9.90. The molecule has 0 amide bonds. The standard InChI is InChI=1S/C25H19N/c1-18(24-15-14-21-4-2-3-5-25(21)16-24)20-10-12-23(13-11-20)22-8-6-19(17-26)7-9-22/h2-16,18H,1H3. The van der Waals surface area contributed by atoms with Crippen LogP contribution in [0.5, 0.6) is 0 Å². The van der Waals surface area contributed by atoms with Gasteiger partial charge in [-0.2, -0.15) is 5.26 Å². The summed E-state index contributed by atoms with van der Waals surface area (Å²) in [6, 6.07) is 33.8. The summed E-state index contributed by atoms with van der Waals surface area (Å²) in [6.07, 6.45) is 0. The van der Waals surface area contributed by atoms with E-state index >= 15 is 0 Å². The minimum absolute atomic E-state index is 0.342. The lowest BCUT2D eigenvalue weighted by Gasteiger charge is -2.14. The average Bonchev–Trinajstić information content (AvgIpc) is 2.73. The molecule has 124 valence electrons. The number of benzene rings is 4. The Kier molecular flexibility index (Phi) is 4.25. The van der Waals surface area contributed by atoms with E-state index in [4.69, 9.17) is 5.26 Å². The molecule has 0 bridgehead atoms. The second-order valence-electron chi connectivity index (χ2n) is 6.64. The second kappa shape index (κ2) is 6.86. The molecule has 0 saturated carbocycles. The zero-order chi connectivity index (χ0) is 17.9. The van der Waals surface area contributed by atoms with Crippen molar-refractivity contribution >= 4 is 10.8 Å². The summed E-state index contributed by atoms with van der Waals surface area (Å²) in [5, 5.41) is 11.5. The average molecular weight is 333 g/mol. The molecule has 0 aliphatic heterocycles. The number of nitriles is 1. The minimum Gasteiger partial charge on any atom is -0.192 e. The molecule has 0 saturated heterocycles. The summed E-state index contributed by atoms with van der Waals surface area (Å²) in [4.78, 5) is 0. The highest BCUT2D eigenvalue weighted by molar-refractivity contribution is 5.83. The Balaban J connectivity index is 1.61. The van der Waals surface area contributed by atoms with Crippen LogP contribution in [0.15, 0.2) is 91.0 Å². The van der Waals surface area contributed by atoms with E-state index in [0.717, 1.165) is 5.56 Å². The van der Waals surface area contributed by atoms with Crippen molar-refractivity contribution in [2.45, 2.75) is 12.8 Å². The third kappa shape index (κ3) is 3.10. The molecule has 26 heavy (non-hydrogen) atoms. The molecule has 1 unspecified atom stereocenters. The summed E-state index contributed by atoms with van der Waals surface area (Å²) in [5.74, 6) is 0.342. The zero-order valence-corrected chi connectivity index (χ0v) is 14.7. The van der Waals surface area contributed by atoms with Gasteiger partial charge >= 0.3 is 0 Å². The van der Waals surface area contributed by atoms with E-state index in [1.54, 1.807) is 0 Å². The van der Waals surface area contributed by atoms with E-state index in [2.05, 4.69) is 79.7 Å². The minimum atomic E-state index is 0.342. The number of hydrogen-bond acceptors (Lipinski definition) is 1. The van der Waals surface area contributed by atoms with Gasteiger partial charge in [0.2, 0.25) is 0 Å². The molecule has 0 aliphatic carbocycles. The highest BCUT2D eigenvalue weighted by Crippen LogP contribution is 2.29. The highest BCUT2D eigenvalue weighted by atomic mass is 14.2. The molecular weight excluding hydrogens is 314 g/mol.